The Kier molecular flexibility index (Phi) is 6.87. The van der Waals surface area contributed by atoms with E-state index in [-0.39, 0.29) is 13.4 Å². The van der Waals surface area contributed by atoms with Crippen LogP contribution < -0.4 is 23.8 Å². The molecule has 32 heavy (non-hydrogen) atoms. The van der Waals surface area contributed by atoms with Gasteiger partial charge in [-0.05, 0) is 31.2 Å². The molecule has 0 bridgehead atoms. The molecule has 4 rings (SSSR count). The maximum atomic E-state index is 11.1. The molecule has 2 heterocycles. The molecule has 0 saturated carbocycles. The number of hydrogen-bond acceptors (Lipinski definition) is 8. The third kappa shape index (κ3) is 5.35. The summed E-state index contributed by atoms with van der Waals surface area (Å²) < 4.78 is 22.0. The van der Waals surface area contributed by atoms with Crippen molar-refractivity contribution in [3.8, 4) is 23.0 Å². The summed E-state index contributed by atoms with van der Waals surface area (Å²) in [6.07, 6.45) is -1.55. The van der Waals surface area contributed by atoms with Gasteiger partial charge in [-0.1, -0.05) is 12.1 Å². The van der Waals surface area contributed by atoms with E-state index >= 15 is 0 Å². The number of nitrogens with zero attached hydrogens (tertiary/aromatic N) is 2. The molecule has 0 amide bonds. The number of piperazine rings is 1. The number of aliphatic hydroxyl groups excluding tert-OH is 1. The van der Waals surface area contributed by atoms with Crippen LogP contribution in [0.1, 0.15) is 6.92 Å². The third-order valence-corrected chi connectivity index (χ3v) is 5.49. The van der Waals surface area contributed by atoms with Crippen molar-refractivity contribution in [3.05, 3.63) is 42.5 Å². The summed E-state index contributed by atoms with van der Waals surface area (Å²) in [5.41, 5.74) is 0.881. The van der Waals surface area contributed by atoms with Gasteiger partial charge in [0.05, 0.1) is 5.69 Å². The van der Waals surface area contributed by atoms with E-state index in [4.69, 9.17) is 24.1 Å². The molecule has 172 valence electrons. The van der Waals surface area contributed by atoms with E-state index in [0.29, 0.717) is 29.5 Å². The minimum Gasteiger partial charge on any atom is -0.491 e. The summed E-state index contributed by atoms with van der Waals surface area (Å²) in [6, 6.07) is 12.8. The Hall–Kier alpha value is -3.17. The minimum absolute atomic E-state index is 0.184. The number of ether oxygens (including phenoxy) is 4. The van der Waals surface area contributed by atoms with Gasteiger partial charge in [-0.15, -0.1) is 0 Å². The van der Waals surface area contributed by atoms with Crippen molar-refractivity contribution >= 4 is 11.7 Å². The molecule has 2 aliphatic rings. The van der Waals surface area contributed by atoms with Crippen molar-refractivity contribution in [2.45, 2.75) is 19.1 Å². The summed E-state index contributed by atoms with van der Waals surface area (Å²) in [4.78, 5) is 15.5. The number of benzene rings is 2. The lowest BCUT2D eigenvalue weighted by Crippen LogP contribution is -2.49. The van der Waals surface area contributed by atoms with E-state index < -0.39 is 18.2 Å². The Morgan fingerprint density at radius 1 is 1.09 bits per heavy atom. The summed E-state index contributed by atoms with van der Waals surface area (Å²) in [7, 11) is 0. The van der Waals surface area contributed by atoms with Gasteiger partial charge >= 0.3 is 5.97 Å². The molecular formula is C23H28N2O7. The van der Waals surface area contributed by atoms with Crippen LogP contribution in [-0.4, -0.2) is 79.4 Å². The highest BCUT2D eigenvalue weighted by Gasteiger charge is 2.23. The van der Waals surface area contributed by atoms with Crippen LogP contribution in [0.5, 0.6) is 23.0 Å². The van der Waals surface area contributed by atoms with Crippen molar-refractivity contribution in [2.75, 3.05) is 51.0 Å². The molecule has 2 unspecified atom stereocenters. The van der Waals surface area contributed by atoms with Gasteiger partial charge < -0.3 is 34.1 Å². The molecule has 2 aromatic carbocycles. The van der Waals surface area contributed by atoms with Gasteiger partial charge in [0.15, 0.2) is 17.6 Å². The van der Waals surface area contributed by atoms with Crippen molar-refractivity contribution < 1.29 is 34.0 Å². The Morgan fingerprint density at radius 3 is 2.62 bits per heavy atom. The monoisotopic (exact) mass is 444 g/mol. The van der Waals surface area contributed by atoms with Gasteiger partial charge in [0.1, 0.15) is 24.2 Å². The van der Waals surface area contributed by atoms with E-state index in [1.807, 2.05) is 18.2 Å². The van der Waals surface area contributed by atoms with Gasteiger partial charge in [-0.25, -0.2) is 4.79 Å². The van der Waals surface area contributed by atoms with Crippen LogP contribution in [0.3, 0.4) is 0 Å². The van der Waals surface area contributed by atoms with Crippen LogP contribution >= 0.6 is 0 Å². The third-order valence-electron chi connectivity index (χ3n) is 5.49. The Labute approximate surface area is 186 Å². The quantitative estimate of drug-likeness (QED) is 0.600. The SMILES string of the molecule is CC(Oc1ccccc1N1CCN(CC(O)COc2ccc3c(c2)OCO3)CC1)C(=O)O. The Morgan fingerprint density at radius 2 is 1.84 bits per heavy atom. The summed E-state index contributed by atoms with van der Waals surface area (Å²) in [6.45, 7) is 5.45. The smallest absolute Gasteiger partial charge is 0.344 e. The molecule has 0 spiro atoms. The highest BCUT2D eigenvalue weighted by Crippen LogP contribution is 2.35. The zero-order valence-corrected chi connectivity index (χ0v) is 18.0. The van der Waals surface area contributed by atoms with Crippen LogP contribution in [0.15, 0.2) is 42.5 Å². The average Bonchev–Trinajstić information content (AvgIpc) is 3.26. The zero-order valence-electron chi connectivity index (χ0n) is 18.0. The maximum absolute atomic E-state index is 11.1. The Bertz CT molecular complexity index is 930. The molecule has 2 atom stereocenters. The number of carboxylic acid groups (broad SMARTS) is 1. The summed E-state index contributed by atoms with van der Waals surface area (Å²) in [5, 5.41) is 19.6. The molecule has 9 nitrogen and oxygen atoms in total. The molecule has 9 heteroatoms. The second-order valence-electron chi connectivity index (χ2n) is 7.83. The zero-order chi connectivity index (χ0) is 22.5. The largest absolute Gasteiger partial charge is 0.491 e. The normalized spacial score (nSPS) is 17.6. The molecule has 1 saturated heterocycles. The minimum atomic E-state index is -0.999. The number of β-amino-alcohol motifs (C(OH)–C–C–N with tert-alkyl or cyclic N) is 1. The number of anilines is 1. The van der Waals surface area contributed by atoms with Gasteiger partial charge in [0, 0.05) is 38.8 Å². The number of fused-ring (bicyclic) bond motifs is 1. The number of aliphatic carboxylic acids is 1. The second kappa shape index (κ2) is 9.97. The average molecular weight is 444 g/mol. The first-order chi connectivity index (χ1) is 15.5. The lowest BCUT2D eigenvalue weighted by Gasteiger charge is -2.37. The fraction of sp³-hybridized carbons (Fsp3) is 0.435. The van der Waals surface area contributed by atoms with Crippen LogP contribution in [0, 0.1) is 0 Å². The van der Waals surface area contributed by atoms with Crippen molar-refractivity contribution in [1.29, 1.82) is 0 Å². The number of carboxylic acids is 1. The molecule has 0 radical (unpaired) electrons. The van der Waals surface area contributed by atoms with Crippen LogP contribution in [0.4, 0.5) is 5.69 Å². The summed E-state index contributed by atoms with van der Waals surface area (Å²) >= 11 is 0. The lowest BCUT2D eigenvalue weighted by molar-refractivity contribution is -0.144. The molecule has 2 aliphatic heterocycles. The van der Waals surface area contributed by atoms with E-state index in [1.165, 1.54) is 6.92 Å². The first-order valence-electron chi connectivity index (χ1n) is 10.7. The molecular weight excluding hydrogens is 416 g/mol. The van der Waals surface area contributed by atoms with Gasteiger partial charge in [0.2, 0.25) is 6.79 Å². The van der Waals surface area contributed by atoms with Crippen LogP contribution in [0.2, 0.25) is 0 Å². The predicted octanol–water partition coefficient (Wildman–Crippen LogP) is 1.83. The topological polar surface area (TPSA) is 101 Å². The number of hydrogen-bond donors (Lipinski definition) is 2. The molecule has 0 aliphatic carbocycles. The van der Waals surface area contributed by atoms with Gasteiger partial charge in [-0.3, -0.25) is 4.90 Å². The van der Waals surface area contributed by atoms with E-state index in [1.54, 1.807) is 24.3 Å². The lowest BCUT2D eigenvalue weighted by atomic mass is 10.2. The van der Waals surface area contributed by atoms with Crippen LogP contribution in [0.25, 0.3) is 0 Å². The van der Waals surface area contributed by atoms with Gasteiger partial charge in [-0.2, -0.15) is 0 Å². The fourth-order valence-electron chi connectivity index (χ4n) is 3.74. The molecule has 1 fully saturated rings. The van der Waals surface area contributed by atoms with E-state index in [0.717, 1.165) is 31.9 Å². The molecule has 2 N–H and O–H groups in total. The molecule has 0 aromatic heterocycles. The number of rotatable bonds is 9. The first kappa shape index (κ1) is 22.0. The molecule has 2 aromatic rings. The summed E-state index contributed by atoms with van der Waals surface area (Å²) in [5.74, 6) is 1.54. The maximum Gasteiger partial charge on any atom is 0.344 e. The number of carbonyl (C=O) groups is 1. The highest BCUT2D eigenvalue weighted by atomic mass is 16.7. The number of aliphatic hydroxyl groups is 1. The van der Waals surface area contributed by atoms with Crippen molar-refractivity contribution in [1.82, 2.24) is 4.90 Å². The fourth-order valence-corrected chi connectivity index (χ4v) is 3.74. The van der Waals surface area contributed by atoms with Crippen molar-refractivity contribution in [2.24, 2.45) is 0 Å². The standard InChI is InChI=1S/C23H28N2O7/c1-16(23(27)28)32-20-5-3-2-4-19(20)25-10-8-24(9-11-25)13-17(26)14-29-18-6-7-21-22(12-18)31-15-30-21/h2-7,12,16-17,26H,8-11,13-15H2,1H3,(H,27,28). The Balaban J connectivity index is 1.25. The first-order valence-corrected chi connectivity index (χ1v) is 10.7. The van der Waals surface area contributed by atoms with E-state index in [2.05, 4.69) is 9.80 Å². The number of para-hydroxylation sites is 2. The van der Waals surface area contributed by atoms with Crippen molar-refractivity contribution in [3.63, 3.8) is 0 Å². The van der Waals surface area contributed by atoms with Crippen LogP contribution in [-0.2, 0) is 4.79 Å². The predicted molar refractivity (Wildman–Crippen MR) is 117 cm³/mol. The van der Waals surface area contributed by atoms with Gasteiger partial charge in [0.25, 0.3) is 0 Å². The highest BCUT2D eigenvalue weighted by molar-refractivity contribution is 5.73. The van der Waals surface area contributed by atoms with E-state index in [9.17, 15) is 9.90 Å². The second-order valence-corrected chi connectivity index (χ2v) is 7.83.